The summed E-state index contributed by atoms with van der Waals surface area (Å²) in [5.74, 6) is 0.564. The zero-order valence-corrected chi connectivity index (χ0v) is 17.9. The molecule has 0 spiro atoms. The van der Waals surface area contributed by atoms with Gasteiger partial charge in [0.1, 0.15) is 30.0 Å². The molecule has 1 N–H and O–H groups in total. The third-order valence-electron chi connectivity index (χ3n) is 4.55. The normalized spacial score (nSPS) is 12.9. The lowest BCUT2D eigenvalue weighted by atomic mass is 10.1. The number of fused-ring (bicyclic) bond motifs is 1. The van der Waals surface area contributed by atoms with Crippen LogP contribution in [0.2, 0.25) is 10.2 Å². The number of carbonyl (C=O) groups is 1. The molecule has 3 aromatic rings. The number of nitriles is 1. The molecule has 0 fully saturated rings. The summed E-state index contributed by atoms with van der Waals surface area (Å²) in [6.07, 6.45) is 1.42. The molecular weight excluding hydrogens is 439 g/mol. The van der Waals surface area contributed by atoms with E-state index in [1.807, 2.05) is 6.07 Å². The van der Waals surface area contributed by atoms with Gasteiger partial charge in [0.25, 0.3) is 5.91 Å². The molecule has 4 rings (SSSR count). The van der Waals surface area contributed by atoms with Crippen LogP contribution in [0.4, 0.5) is 5.69 Å². The predicted molar refractivity (Wildman–Crippen MR) is 118 cm³/mol. The van der Waals surface area contributed by atoms with Crippen LogP contribution in [0.25, 0.3) is 11.8 Å². The first-order chi connectivity index (χ1) is 15.0. The molecular formula is C22H16Cl2N4O3. The lowest BCUT2D eigenvalue weighted by Gasteiger charge is -2.18. The minimum Gasteiger partial charge on any atom is -0.486 e. The van der Waals surface area contributed by atoms with Gasteiger partial charge in [-0.25, -0.2) is 4.68 Å². The van der Waals surface area contributed by atoms with E-state index in [4.69, 9.17) is 32.7 Å². The molecule has 156 valence electrons. The number of rotatable bonds is 4. The van der Waals surface area contributed by atoms with Crippen molar-refractivity contribution in [3.05, 3.63) is 69.5 Å². The number of hydrogen-bond donors (Lipinski definition) is 1. The van der Waals surface area contributed by atoms with E-state index in [1.165, 1.54) is 10.8 Å². The second-order valence-electron chi connectivity index (χ2n) is 6.66. The van der Waals surface area contributed by atoms with Crippen LogP contribution in [0, 0.1) is 18.3 Å². The third kappa shape index (κ3) is 4.36. The Morgan fingerprint density at radius 2 is 1.97 bits per heavy atom. The van der Waals surface area contributed by atoms with Gasteiger partial charge in [0.15, 0.2) is 11.5 Å². The fourth-order valence-corrected chi connectivity index (χ4v) is 3.58. The van der Waals surface area contributed by atoms with Crippen molar-refractivity contribution in [2.24, 2.45) is 0 Å². The molecule has 2 heterocycles. The molecule has 0 unspecified atom stereocenters. The van der Waals surface area contributed by atoms with Crippen LogP contribution in [0.15, 0.2) is 48.0 Å². The molecule has 1 aliphatic heterocycles. The summed E-state index contributed by atoms with van der Waals surface area (Å²) in [5.41, 5.74) is 2.05. The third-order valence-corrected chi connectivity index (χ3v) is 5.15. The summed E-state index contributed by atoms with van der Waals surface area (Å²) in [7, 11) is 0. The highest BCUT2D eigenvalue weighted by Crippen LogP contribution is 2.33. The van der Waals surface area contributed by atoms with Crippen LogP contribution in [0.3, 0.4) is 0 Å². The first-order valence-corrected chi connectivity index (χ1v) is 10.1. The average molecular weight is 455 g/mol. The van der Waals surface area contributed by atoms with Crippen molar-refractivity contribution in [3.8, 4) is 23.3 Å². The molecule has 9 heteroatoms. The zero-order chi connectivity index (χ0) is 22.0. The Morgan fingerprint density at radius 1 is 1.19 bits per heavy atom. The number of aromatic nitrogens is 2. The van der Waals surface area contributed by atoms with Gasteiger partial charge in [0.05, 0.1) is 11.4 Å². The Morgan fingerprint density at radius 3 is 2.71 bits per heavy atom. The Kier molecular flexibility index (Phi) is 5.85. The zero-order valence-electron chi connectivity index (χ0n) is 16.4. The predicted octanol–water partition coefficient (Wildman–Crippen LogP) is 4.80. The van der Waals surface area contributed by atoms with E-state index < -0.39 is 5.91 Å². The van der Waals surface area contributed by atoms with Crippen LogP contribution in [0.1, 0.15) is 11.3 Å². The van der Waals surface area contributed by atoms with Crippen molar-refractivity contribution in [2.75, 3.05) is 18.5 Å². The highest BCUT2D eigenvalue weighted by Gasteiger charge is 2.18. The van der Waals surface area contributed by atoms with Gasteiger partial charge in [-0.05, 0) is 43.3 Å². The largest absolute Gasteiger partial charge is 0.486 e. The molecule has 31 heavy (non-hydrogen) atoms. The fourth-order valence-electron chi connectivity index (χ4n) is 3.07. The maximum atomic E-state index is 12.7. The fraction of sp³-hybridized carbons (Fsp3) is 0.136. The molecule has 2 aromatic carbocycles. The smallest absolute Gasteiger partial charge is 0.266 e. The molecule has 0 atom stereocenters. The minimum absolute atomic E-state index is 0.120. The number of benzene rings is 2. The first-order valence-electron chi connectivity index (χ1n) is 9.30. The molecule has 0 aliphatic carbocycles. The van der Waals surface area contributed by atoms with E-state index >= 15 is 0 Å². The Bertz CT molecular complexity index is 1240. The van der Waals surface area contributed by atoms with Gasteiger partial charge in [0, 0.05) is 22.3 Å². The molecule has 7 nitrogen and oxygen atoms in total. The first kappa shape index (κ1) is 20.8. The van der Waals surface area contributed by atoms with Gasteiger partial charge >= 0.3 is 0 Å². The molecule has 1 amide bonds. The molecule has 1 aliphatic rings. The molecule has 0 saturated heterocycles. The Labute approximate surface area is 188 Å². The quantitative estimate of drug-likeness (QED) is 0.451. The van der Waals surface area contributed by atoms with E-state index in [2.05, 4.69) is 10.4 Å². The van der Waals surface area contributed by atoms with Gasteiger partial charge < -0.3 is 14.8 Å². The molecule has 1 aromatic heterocycles. The number of ether oxygens (including phenoxy) is 2. The van der Waals surface area contributed by atoms with Gasteiger partial charge in [-0.15, -0.1) is 0 Å². The van der Waals surface area contributed by atoms with Crippen molar-refractivity contribution >= 4 is 40.9 Å². The number of anilines is 1. The van der Waals surface area contributed by atoms with Gasteiger partial charge in [0.2, 0.25) is 0 Å². The Hall–Kier alpha value is -3.47. The summed E-state index contributed by atoms with van der Waals surface area (Å²) in [5, 5.41) is 17.5. The van der Waals surface area contributed by atoms with Crippen molar-refractivity contribution in [2.45, 2.75) is 6.92 Å². The number of aryl methyl sites for hydroxylation is 1. The number of carbonyl (C=O) groups excluding carboxylic acids is 1. The average Bonchev–Trinajstić information content (AvgIpc) is 3.05. The molecule has 0 radical (unpaired) electrons. The van der Waals surface area contributed by atoms with E-state index in [1.54, 1.807) is 49.4 Å². The number of nitrogens with zero attached hydrogens (tertiary/aromatic N) is 3. The molecule has 0 saturated carbocycles. The minimum atomic E-state index is -0.579. The number of amides is 1. The Balaban J connectivity index is 1.61. The van der Waals surface area contributed by atoms with Crippen LogP contribution < -0.4 is 14.8 Å². The highest BCUT2D eigenvalue weighted by molar-refractivity contribution is 6.32. The van der Waals surface area contributed by atoms with E-state index in [0.717, 1.165) is 0 Å². The van der Waals surface area contributed by atoms with Crippen molar-refractivity contribution < 1.29 is 14.3 Å². The SMILES string of the molecule is Cc1nn(-c2cccc(Cl)c2)c(Cl)c1C=C(C#N)C(=O)Nc1ccc2c(c1)OCCO2. The van der Waals surface area contributed by atoms with Crippen LogP contribution in [0.5, 0.6) is 11.5 Å². The van der Waals surface area contributed by atoms with Gasteiger partial charge in [-0.3, -0.25) is 4.79 Å². The maximum absolute atomic E-state index is 12.7. The monoisotopic (exact) mass is 454 g/mol. The maximum Gasteiger partial charge on any atom is 0.266 e. The van der Waals surface area contributed by atoms with Crippen molar-refractivity contribution in [3.63, 3.8) is 0 Å². The molecule has 0 bridgehead atoms. The van der Waals surface area contributed by atoms with Crippen LogP contribution >= 0.6 is 23.2 Å². The topological polar surface area (TPSA) is 89.2 Å². The number of nitrogens with one attached hydrogen (secondary N) is 1. The second-order valence-corrected chi connectivity index (χ2v) is 7.46. The summed E-state index contributed by atoms with van der Waals surface area (Å²) in [6.45, 7) is 2.65. The lowest BCUT2D eigenvalue weighted by Crippen LogP contribution is -2.17. The summed E-state index contributed by atoms with van der Waals surface area (Å²) in [6, 6.07) is 14.0. The van der Waals surface area contributed by atoms with E-state index in [-0.39, 0.29) is 10.7 Å². The van der Waals surface area contributed by atoms with E-state index in [9.17, 15) is 10.1 Å². The van der Waals surface area contributed by atoms with Gasteiger partial charge in [-0.2, -0.15) is 10.4 Å². The van der Waals surface area contributed by atoms with Crippen LogP contribution in [-0.4, -0.2) is 28.9 Å². The van der Waals surface area contributed by atoms with Gasteiger partial charge in [-0.1, -0.05) is 29.3 Å². The standard InChI is InChI=1S/C22H16Cl2N4O3/c1-13-18(21(24)28(27-13)17-4-2-3-15(23)10-17)9-14(12-25)22(29)26-16-5-6-19-20(11-16)31-8-7-30-19/h2-6,9-11H,7-8H2,1H3,(H,26,29). The lowest BCUT2D eigenvalue weighted by molar-refractivity contribution is -0.112. The van der Waals surface area contributed by atoms with E-state index in [0.29, 0.717) is 52.4 Å². The summed E-state index contributed by atoms with van der Waals surface area (Å²) in [4.78, 5) is 12.7. The number of hydrogen-bond acceptors (Lipinski definition) is 5. The highest BCUT2D eigenvalue weighted by atomic mass is 35.5. The second kappa shape index (κ2) is 8.72. The summed E-state index contributed by atoms with van der Waals surface area (Å²) >= 11 is 12.6. The van der Waals surface area contributed by atoms with Crippen LogP contribution in [-0.2, 0) is 4.79 Å². The summed E-state index contributed by atoms with van der Waals surface area (Å²) < 4.78 is 12.5. The van der Waals surface area contributed by atoms with Crippen molar-refractivity contribution in [1.29, 1.82) is 5.26 Å². The van der Waals surface area contributed by atoms with Crippen molar-refractivity contribution in [1.82, 2.24) is 9.78 Å². The number of halogens is 2.